The fraction of sp³-hybridized carbons (Fsp3) is 0.214. The third kappa shape index (κ3) is 4.61. The predicted molar refractivity (Wildman–Crippen MR) is 130 cm³/mol. The van der Waals surface area contributed by atoms with Gasteiger partial charge in [0.1, 0.15) is 6.61 Å². The van der Waals surface area contributed by atoms with Gasteiger partial charge in [0.15, 0.2) is 11.5 Å². The van der Waals surface area contributed by atoms with Gasteiger partial charge in [0.05, 0.1) is 24.4 Å². The molecule has 166 valence electrons. The zero-order valence-electron chi connectivity index (χ0n) is 19.0. The molecular weight excluding hydrogens is 412 g/mol. The Bertz CT molecular complexity index is 1250. The monoisotopic (exact) mass is 438 g/mol. The highest BCUT2D eigenvalue weighted by atomic mass is 16.5. The zero-order valence-corrected chi connectivity index (χ0v) is 19.0. The molecule has 0 spiro atoms. The van der Waals surface area contributed by atoms with Gasteiger partial charge in [0.25, 0.3) is 5.91 Å². The number of hydrogen-bond donors (Lipinski definition) is 0. The summed E-state index contributed by atoms with van der Waals surface area (Å²) >= 11 is 0. The molecule has 0 unspecified atom stereocenters. The maximum absolute atomic E-state index is 13.2. The molecule has 5 nitrogen and oxygen atoms in total. The van der Waals surface area contributed by atoms with Gasteiger partial charge in [-0.3, -0.25) is 4.79 Å². The van der Waals surface area contributed by atoms with E-state index in [1.807, 2.05) is 71.6 Å². The number of carbonyl (C=O) groups is 1. The molecule has 5 heteroatoms. The summed E-state index contributed by atoms with van der Waals surface area (Å²) in [4.78, 5) is 15.1. The van der Waals surface area contributed by atoms with Gasteiger partial charge in [-0.05, 0) is 41.8 Å². The van der Waals surface area contributed by atoms with Crippen molar-refractivity contribution < 1.29 is 14.3 Å². The summed E-state index contributed by atoms with van der Waals surface area (Å²) < 4.78 is 11.5. The lowest BCUT2D eigenvalue weighted by Crippen LogP contribution is -2.30. The van der Waals surface area contributed by atoms with Crippen LogP contribution < -0.4 is 14.4 Å². The van der Waals surface area contributed by atoms with Crippen LogP contribution in [0.4, 0.5) is 5.69 Å². The van der Waals surface area contributed by atoms with Crippen LogP contribution in [-0.4, -0.2) is 19.6 Å². The summed E-state index contributed by atoms with van der Waals surface area (Å²) in [5, 5.41) is 9.28. The summed E-state index contributed by atoms with van der Waals surface area (Å²) in [6, 6.07) is 23.0. The first-order valence-corrected chi connectivity index (χ1v) is 10.9. The van der Waals surface area contributed by atoms with Crippen molar-refractivity contribution >= 4 is 23.2 Å². The number of methoxy groups -OCH3 is 1. The number of amides is 1. The standard InChI is InChI=1S/C28H26N2O3/c1-19(2)17-30-25-11-7-6-10-23(25)24(28(30)31)14-20-12-13-26(27(15-20)32-3)33-18-22-9-5-4-8-21(22)16-29/h4-15,19H,17-18H2,1-3H3/b24-14-. The third-order valence-electron chi connectivity index (χ3n) is 5.53. The maximum Gasteiger partial charge on any atom is 0.259 e. The molecule has 3 aromatic rings. The molecule has 1 amide bonds. The smallest absolute Gasteiger partial charge is 0.259 e. The van der Waals surface area contributed by atoms with Crippen molar-refractivity contribution in [2.75, 3.05) is 18.6 Å². The molecule has 0 bridgehead atoms. The third-order valence-corrected chi connectivity index (χ3v) is 5.53. The van der Waals surface area contributed by atoms with Gasteiger partial charge in [-0.1, -0.05) is 56.3 Å². The lowest BCUT2D eigenvalue weighted by molar-refractivity contribution is -0.113. The summed E-state index contributed by atoms with van der Waals surface area (Å²) in [6.07, 6.45) is 1.90. The Hall–Kier alpha value is -4.04. The van der Waals surface area contributed by atoms with Crippen molar-refractivity contribution in [1.82, 2.24) is 0 Å². The molecule has 0 saturated carbocycles. The highest BCUT2D eigenvalue weighted by Crippen LogP contribution is 2.39. The maximum atomic E-state index is 13.2. The van der Waals surface area contributed by atoms with Gasteiger partial charge in [-0.2, -0.15) is 5.26 Å². The van der Waals surface area contributed by atoms with Gasteiger partial charge in [0.2, 0.25) is 0 Å². The summed E-state index contributed by atoms with van der Waals surface area (Å²) in [5.74, 6) is 1.52. The van der Waals surface area contributed by atoms with Crippen molar-refractivity contribution in [1.29, 1.82) is 5.26 Å². The van der Waals surface area contributed by atoms with Crippen molar-refractivity contribution in [2.45, 2.75) is 20.5 Å². The number of benzene rings is 3. The van der Waals surface area contributed by atoms with Crippen molar-refractivity contribution in [3.63, 3.8) is 0 Å². The van der Waals surface area contributed by atoms with Crippen LogP contribution in [0.5, 0.6) is 11.5 Å². The van der Waals surface area contributed by atoms with Crippen molar-refractivity contribution in [3.05, 3.63) is 89.0 Å². The van der Waals surface area contributed by atoms with E-state index in [0.717, 1.165) is 22.4 Å². The minimum absolute atomic E-state index is 0.0114. The molecule has 0 radical (unpaired) electrons. The lowest BCUT2D eigenvalue weighted by atomic mass is 10.0. The van der Waals surface area contributed by atoms with E-state index in [0.29, 0.717) is 35.1 Å². The molecule has 1 heterocycles. The van der Waals surface area contributed by atoms with Gasteiger partial charge >= 0.3 is 0 Å². The van der Waals surface area contributed by atoms with Crippen LogP contribution >= 0.6 is 0 Å². The number of ether oxygens (including phenoxy) is 2. The largest absolute Gasteiger partial charge is 0.493 e. The average molecular weight is 439 g/mol. The molecule has 3 aromatic carbocycles. The predicted octanol–water partition coefficient (Wildman–Crippen LogP) is 5.69. The van der Waals surface area contributed by atoms with E-state index in [9.17, 15) is 10.1 Å². The van der Waals surface area contributed by atoms with E-state index in [1.54, 1.807) is 13.2 Å². The van der Waals surface area contributed by atoms with Crippen LogP contribution in [0.15, 0.2) is 66.7 Å². The fourth-order valence-electron chi connectivity index (χ4n) is 3.96. The van der Waals surface area contributed by atoms with Crippen molar-refractivity contribution in [2.24, 2.45) is 5.92 Å². The summed E-state index contributed by atoms with van der Waals surface area (Å²) in [6.45, 7) is 5.15. The van der Waals surface area contributed by atoms with Crippen molar-refractivity contribution in [3.8, 4) is 17.6 Å². The molecule has 1 aliphatic heterocycles. The van der Waals surface area contributed by atoms with E-state index >= 15 is 0 Å². The Morgan fingerprint density at radius 1 is 1.03 bits per heavy atom. The Balaban J connectivity index is 1.61. The molecule has 1 aliphatic rings. The van der Waals surface area contributed by atoms with Crippen LogP contribution in [0, 0.1) is 17.2 Å². The van der Waals surface area contributed by atoms with E-state index in [4.69, 9.17) is 9.47 Å². The molecule has 0 fully saturated rings. The van der Waals surface area contributed by atoms with Gasteiger partial charge in [-0.25, -0.2) is 0 Å². The first-order valence-electron chi connectivity index (χ1n) is 10.9. The molecule has 0 aromatic heterocycles. The fourth-order valence-corrected chi connectivity index (χ4v) is 3.96. The van der Waals surface area contributed by atoms with Crippen LogP contribution in [0.1, 0.15) is 36.1 Å². The Labute approximate surface area is 194 Å². The van der Waals surface area contributed by atoms with Crippen LogP contribution in [0.2, 0.25) is 0 Å². The quantitative estimate of drug-likeness (QED) is 0.445. The zero-order chi connectivity index (χ0) is 23.4. The highest BCUT2D eigenvalue weighted by Gasteiger charge is 2.32. The second kappa shape index (κ2) is 9.62. The molecule has 33 heavy (non-hydrogen) atoms. The Morgan fingerprint density at radius 3 is 2.55 bits per heavy atom. The normalized spacial score (nSPS) is 13.8. The summed E-state index contributed by atoms with van der Waals surface area (Å²) in [7, 11) is 1.59. The average Bonchev–Trinajstić information content (AvgIpc) is 3.08. The molecule has 0 saturated heterocycles. The Kier molecular flexibility index (Phi) is 6.46. The number of para-hydroxylation sites is 1. The highest BCUT2D eigenvalue weighted by molar-refractivity contribution is 6.35. The number of hydrogen-bond acceptors (Lipinski definition) is 4. The van der Waals surface area contributed by atoms with Gasteiger partial charge in [0, 0.05) is 23.2 Å². The minimum atomic E-state index is 0.0114. The van der Waals surface area contributed by atoms with Crippen LogP contribution in [-0.2, 0) is 11.4 Å². The SMILES string of the molecule is COc1cc(/C=C2\C(=O)N(CC(C)C)c3ccccc32)ccc1OCc1ccccc1C#N. The van der Waals surface area contributed by atoms with Gasteiger partial charge in [-0.15, -0.1) is 0 Å². The molecule has 0 atom stereocenters. The van der Waals surface area contributed by atoms with E-state index < -0.39 is 0 Å². The van der Waals surface area contributed by atoms with E-state index in [1.165, 1.54) is 0 Å². The number of fused-ring (bicyclic) bond motifs is 1. The van der Waals surface area contributed by atoms with E-state index in [2.05, 4.69) is 19.9 Å². The number of rotatable bonds is 7. The first-order chi connectivity index (χ1) is 16.0. The lowest BCUT2D eigenvalue weighted by Gasteiger charge is -2.19. The molecule has 4 rings (SSSR count). The first kappa shape index (κ1) is 22.2. The van der Waals surface area contributed by atoms with E-state index in [-0.39, 0.29) is 12.5 Å². The molecule has 0 N–H and O–H groups in total. The Morgan fingerprint density at radius 2 is 1.79 bits per heavy atom. The van der Waals surface area contributed by atoms with Gasteiger partial charge < -0.3 is 14.4 Å². The second-order valence-electron chi connectivity index (χ2n) is 8.35. The van der Waals surface area contributed by atoms with Crippen LogP contribution in [0.3, 0.4) is 0 Å². The second-order valence-corrected chi connectivity index (χ2v) is 8.35. The number of nitrogens with zero attached hydrogens (tertiary/aromatic N) is 2. The molecular formula is C28H26N2O3. The minimum Gasteiger partial charge on any atom is -0.493 e. The number of carbonyl (C=O) groups excluding carboxylic acids is 1. The topological polar surface area (TPSA) is 62.6 Å². The van der Waals surface area contributed by atoms with Crippen LogP contribution in [0.25, 0.3) is 11.6 Å². The number of anilines is 1. The molecule has 0 aliphatic carbocycles. The number of nitriles is 1. The summed E-state index contributed by atoms with van der Waals surface area (Å²) in [5.41, 5.74) is 4.81.